The maximum atomic E-state index is 12.0. The number of carbonyl (C=O) groups excluding carboxylic acids is 1. The monoisotopic (exact) mass is 332 g/mol. The molecule has 0 radical (unpaired) electrons. The second-order valence-electron chi connectivity index (χ2n) is 6.88. The van der Waals surface area contributed by atoms with E-state index in [4.69, 9.17) is 0 Å². The van der Waals surface area contributed by atoms with Gasteiger partial charge in [-0.2, -0.15) is 0 Å². The van der Waals surface area contributed by atoms with Gasteiger partial charge in [-0.15, -0.1) is 0 Å². The fraction of sp³-hybridized carbons (Fsp3) is 0.579. The lowest BCUT2D eigenvalue weighted by molar-refractivity contribution is 0.0953. The molecule has 0 heterocycles. The molecule has 134 valence electrons. The predicted octanol–water partition coefficient (Wildman–Crippen LogP) is 3.07. The largest absolute Gasteiger partial charge is 0.357 e. The van der Waals surface area contributed by atoms with E-state index >= 15 is 0 Å². The van der Waals surface area contributed by atoms with Gasteiger partial charge in [-0.3, -0.25) is 4.79 Å². The Morgan fingerprint density at radius 1 is 1.08 bits per heavy atom. The minimum Gasteiger partial charge on any atom is -0.357 e. The lowest BCUT2D eigenvalue weighted by Crippen LogP contribution is -2.47. The smallest absolute Gasteiger partial charge is 0.251 e. The Bertz CT molecular complexity index is 529. The van der Waals surface area contributed by atoms with E-state index in [2.05, 4.69) is 48.6 Å². The lowest BCUT2D eigenvalue weighted by Gasteiger charge is -2.23. The number of carbonyl (C=O) groups is 1. The van der Waals surface area contributed by atoms with Crippen LogP contribution in [-0.2, 0) is 6.54 Å². The summed E-state index contributed by atoms with van der Waals surface area (Å²) in [6.07, 6.45) is 2.08. The van der Waals surface area contributed by atoms with Crippen LogP contribution in [0, 0.1) is 0 Å². The van der Waals surface area contributed by atoms with Crippen molar-refractivity contribution in [2.75, 3.05) is 13.1 Å². The third-order valence-corrected chi connectivity index (χ3v) is 3.29. The summed E-state index contributed by atoms with van der Waals surface area (Å²) in [5.41, 5.74) is 1.73. The van der Waals surface area contributed by atoms with Gasteiger partial charge in [0.25, 0.3) is 5.91 Å². The molecule has 0 aliphatic rings. The topological polar surface area (TPSA) is 65.5 Å². The van der Waals surface area contributed by atoms with Gasteiger partial charge in [-0.1, -0.05) is 25.5 Å². The van der Waals surface area contributed by atoms with Gasteiger partial charge in [-0.25, -0.2) is 4.99 Å². The summed E-state index contributed by atoms with van der Waals surface area (Å²) in [6.45, 7) is 12.6. The Balaban J connectivity index is 2.64. The van der Waals surface area contributed by atoms with Crippen LogP contribution in [0.1, 0.15) is 63.4 Å². The number of nitrogens with zero attached hydrogens (tertiary/aromatic N) is 1. The fourth-order valence-corrected chi connectivity index (χ4v) is 2.07. The fourth-order valence-electron chi connectivity index (χ4n) is 2.07. The molecule has 5 nitrogen and oxygen atoms in total. The average Bonchev–Trinajstić information content (AvgIpc) is 2.52. The molecule has 1 rings (SSSR count). The SMILES string of the molecule is CCCCNC(=O)c1ccc(CN=C(NCC)NC(C)(C)C)cc1. The van der Waals surface area contributed by atoms with Crippen LogP contribution in [0.25, 0.3) is 0 Å². The molecule has 1 aromatic rings. The van der Waals surface area contributed by atoms with E-state index < -0.39 is 0 Å². The van der Waals surface area contributed by atoms with Crippen molar-refractivity contribution < 1.29 is 4.79 Å². The summed E-state index contributed by atoms with van der Waals surface area (Å²) in [6, 6.07) is 7.63. The van der Waals surface area contributed by atoms with Gasteiger partial charge in [-0.05, 0) is 51.8 Å². The molecular formula is C19H32N4O. The van der Waals surface area contributed by atoms with Crippen LogP contribution in [0.15, 0.2) is 29.3 Å². The van der Waals surface area contributed by atoms with Gasteiger partial charge in [0.15, 0.2) is 5.96 Å². The van der Waals surface area contributed by atoms with Gasteiger partial charge in [0.2, 0.25) is 0 Å². The molecular weight excluding hydrogens is 300 g/mol. The maximum absolute atomic E-state index is 12.0. The zero-order valence-corrected chi connectivity index (χ0v) is 15.7. The van der Waals surface area contributed by atoms with Crippen LogP contribution in [0.4, 0.5) is 0 Å². The molecule has 0 aliphatic carbocycles. The molecule has 0 spiro atoms. The molecule has 0 aliphatic heterocycles. The van der Waals surface area contributed by atoms with Crippen molar-refractivity contribution >= 4 is 11.9 Å². The van der Waals surface area contributed by atoms with Crippen LogP contribution in [0.3, 0.4) is 0 Å². The van der Waals surface area contributed by atoms with Crippen LogP contribution >= 0.6 is 0 Å². The van der Waals surface area contributed by atoms with Crippen molar-refractivity contribution in [1.82, 2.24) is 16.0 Å². The molecule has 0 aromatic heterocycles. The predicted molar refractivity (Wildman–Crippen MR) is 101 cm³/mol. The normalized spacial score (nSPS) is 12.0. The molecule has 24 heavy (non-hydrogen) atoms. The van der Waals surface area contributed by atoms with Crippen molar-refractivity contribution in [1.29, 1.82) is 0 Å². The first-order valence-electron chi connectivity index (χ1n) is 8.79. The first kappa shape index (κ1) is 20.0. The van der Waals surface area contributed by atoms with Crippen molar-refractivity contribution in [3.63, 3.8) is 0 Å². The number of hydrogen-bond donors (Lipinski definition) is 3. The molecule has 3 N–H and O–H groups in total. The van der Waals surface area contributed by atoms with E-state index in [-0.39, 0.29) is 11.4 Å². The highest BCUT2D eigenvalue weighted by Crippen LogP contribution is 2.06. The Hall–Kier alpha value is -2.04. The van der Waals surface area contributed by atoms with E-state index in [0.29, 0.717) is 12.1 Å². The van der Waals surface area contributed by atoms with E-state index in [9.17, 15) is 4.79 Å². The standard InChI is InChI=1S/C19H32N4O/c1-6-8-13-21-17(24)16-11-9-15(10-12-16)14-22-18(20-7-2)23-19(3,4)5/h9-12H,6-8,13-14H2,1-5H3,(H,21,24)(H2,20,22,23). The van der Waals surface area contributed by atoms with Crippen molar-refractivity contribution in [3.8, 4) is 0 Å². The van der Waals surface area contributed by atoms with E-state index in [1.807, 2.05) is 31.2 Å². The Kier molecular flexibility index (Phi) is 8.30. The minimum absolute atomic E-state index is 0.0127. The number of guanidine groups is 1. The average molecular weight is 332 g/mol. The van der Waals surface area contributed by atoms with E-state index in [1.165, 1.54) is 0 Å². The van der Waals surface area contributed by atoms with E-state index in [0.717, 1.165) is 37.5 Å². The summed E-state index contributed by atoms with van der Waals surface area (Å²) in [4.78, 5) is 16.6. The number of unbranched alkanes of at least 4 members (excludes halogenated alkanes) is 1. The zero-order valence-electron chi connectivity index (χ0n) is 15.7. The van der Waals surface area contributed by atoms with Gasteiger partial charge in [0, 0.05) is 24.2 Å². The van der Waals surface area contributed by atoms with Gasteiger partial charge in [0.05, 0.1) is 6.54 Å². The summed E-state index contributed by atoms with van der Waals surface area (Å²) in [5.74, 6) is 0.785. The number of nitrogens with one attached hydrogen (secondary N) is 3. The molecule has 0 saturated carbocycles. The maximum Gasteiger partial charge on any atom is 0.251 e. The number of hydrogen-bond acceptors (Lipinski definition) is 2. The van der Waals surface area contributed by atoms with Crippen LogP contribution in [0.2, 0.25) is 0 Å². The van der Waals surface area contributed by atoms with Gasteiger partial charge < -0.3 is 16.0 Å². The second-order valence-corrected chi connectivity index (χ2v) is 6.88. The van der Waals surface area contributed by atoms with Crippen molar-refractivity contribution in [2.45, 2.75) is 59.5 Å². The van der Waals surface area contributed by atoms with Crippen molar-refractivity contribution in [3.05, 3.63) is 35.4 Å². The highest BCUT2D eigenvalue weighted by Gasteiger charge is 2.11. The lowest BCUT2D eigenvalue weighted by atomic mass is 10.1. The second kappa shape index (κ2) is 9.96. The van der Waals surface area contributed by atoms with E-state index in [1.54, 1.807) is 0 Å². The Labute approximate surface area is 146 Å². The molecule has 0 bridgehead atoms. The molecule has 0 unspecified atom stereocenters. The highest BCUT2D eigenvalue weighted by atomic mass is 16.1. The van der Waals surface area contributed by atoms with Crippen molar-refractivity contribution in [2.24, 2.45) is 4.99 Å². The van der Waals surface area contributed by atoms with Gasteiger partial charge >= 0.3 is 0 Å². The quantitative estimate of drug-likeness (QED) is 0.408. The number of amides is 1. The third kappa shape index (κ3) is 7.99. The molecule has 1 amide bonds. The molecule has 0 saturated heterocycles. The molecule has 0 fully saturated rings. The summed E-state index contributed by atoms with van der Waals surface area (Å²) >= 11 is 0. The molecule has 1 aromatic carbocycles. The number of rotatable bonds is 7. The van der Waals surface area contributed by atoms with Gasteiger partial charge in [0.1, 0.15) is 0 Å². The Morgan fingerprint density at radius 3 is 2.29 bits per heavy atom. The zero-order chi connectivity index (χ0) is 18.0. The van der Waals surface area contributed by atoms with Crippen LogP contribution in [-0.4, -0.2) is 30.5 Å². The van der Waals surface area contributed by atoms with Crippen LogP contribution < -0.4 is 16.0 Å². The number of aliphatic imine (C=N–C) groups is 1. The summed E-state index contributed by atoms with van der Waals surface area (Å²) < 4.78 is 0. The highest BCUT2D eigenvalue weighted by molar-refractivity contribution is 5.94. The number of benzene rings is 1. The summed E-state index contributed by atoms with van der Waals surface area (Å²) in [5, 5.41) is 9.53. The summed E-state index contributed by atoms with van der Waals surface area (Å²) in [7, 11) is 0. The first-order chi connectivity index (χ1) is 11.4. The Morgan fingerprint density at radius 2 is 1.75 bits per heavy atom. The third-order valence-electron chi connectivity index (χ3n) is 3.29. The first-order valence-corrected chi connectivity index (χ1v) is 8.79. The molecule has 5 heteroatoms. The molecule has 0 atom stereocenters. The van der Waals surface area contributed by atoms with Crippen LogP contribution in [0.5, 0.6) is 0 Å². The minimum atomic E-state index is -0.0402.